The Balaban J connectivity index is 2.10. The summed E-state index contributed by atoms with van der Waals surface area (Å²) in [6.07, 6.45) is -3.18. The minimum absolute atomic E-state index is 0.0998. The summed E-state index contributed by atoms with van der Waals surface area (Å²) < 4.78 is 37.8. The van der Waals surface area contributed by atoms with Gasteiger partial charge < -0.3 is 5.73 Å². The van der Waals surface area contributed by atoms with E-state index in [0.717, 1.165) is 5.56 Å². The van der Waals surface area contributed by atoms with Gasteiger partial charge in [-0.2, -0.15) is 13.2 Å². The molecule has 0 aliphatic heterocycles. The second-order valence-corrected chi connectivity index (χ2v) is 5.42. The molecule has 18 heavy (non-hydrogen) atoms. The molecule has 2 N–H and O–H groups in total. The first-order valence-electron chi connectivity index (χ1n) is 5.93. The van der Waals surface area contributed by atoms with Gasteiger partial charge in [-0.1, -0.05) is 23.7 Å². The number of halogens is 4. The Morgan fingerprint density at radius 3 is 2.06 bits per heavy atom. The summed E-state index contributed by atoms with van der Waals surface area (Å²) in [7, 11) is 0. The number of benzene rings is 1. The van der Waals surface area contributed by atoms with Crippen molar-refractivity contribution < 1.29 is 13.2 Å². The zero-order valence-electron chi connectivity index (χ0n) is 9.80. The van der Waals surface area contributed by atoms with Gasteiger partial charge in [0.05, 0.1) is 5.92 Å². The van der Waals surface area contributed by atoms with Crippen molar-refractivity contribution in [2.45, 2.75) is 37.4 Å². The van der Waals surface area contributed by atoms with Crippen molar-refractivity contribution in [1.29, 1.82) is 0 Å². The van der Waals surface area contributed by atoms with Gasteiger partial charge in [-0.15, -0.1) is 0 Å². The molecule has 100 valence electrons. The van der Waals surface area contributed by atoms with E-state index in [1.165, 1.54) is 0 Å². The minimum Gasteiger partial charge on any atom is -0.321 e. The van der Waals surface area contributed by atoms with E-state index in [-0.39, 0.29) is 12.8 Å². The van der Waals surface area contributed by atoms with E-state index in [4.69, 9.17) is 17.3 Å². The van der Waals surface area contributed by atoms with Crippen LogP contribution in [0.2, 0.25) is 5.02 Å². The van der Waals surface area contributed by atoms with Gasteiger partial charge in [0, 0.05) is 10.6 Å². The molecule has 2 rings (SSSR count). The Labute approximate surface area is 109 Å². The third-order valence-corrected chi connectivity index (χ3v) is 4.01. The van der Waals surface area contributed by atoms with Gasteiger partial charge in [0.1, 0.15) is 0 Å². The normalized spacial score (nSPS) is 29.3. The van der Waals surface area contributed by atoms with Crippen molar-refractivity contribution in [3.63, 3.8) is 0 Å². The van der Waals surface area contributed by atoms with Crippen molar-refractivity contribution >= 4 is 11.6 Å². The summed E-state index contributed by atoms with van der Waals surface area (Å²) in [6.45, 7) is 0. The Bertz CT molecular complexity index is 405. The zero-order valence-corrected chi connectivity index (χ0v) is 10.6. The van der Waals surface area contributed by atoms with E-state index in [1.54, 1.807) is 24.3 Å². The molecule has 0 atom stereocenters. The van der Waals surface area contributed by atoms with Crippen LogP contribution in [0.3, 0.4) is 0 Å². The summed E-state index contributed by atoms with van der Waals surface area (Å²) in [5.41, 5.74) is 6.45. The van der Waals surface area contributed by atoms with Gasteiger partial charge in [0.25, 0.3) is 0 Å². The van der Waals surface area contributed by atoms with Crippen molar-refractivity contribution in [3.8, 4) is 0 Å². The highest BCUT2D eigenvalue weighted by Gasteiger charge is 2.44. The van der Waals surface area contributed by atoms with E-state index >= 15 is 0 Å². The Hall–Kier alpha value is -0.740. The zero-order chi connectivity index (χ0) is 13.4. The standard InChI is InChI=1S/C13H15ClF3N/c14-11-3-1-9(2-4-11)12(18)7-5-10(6-8-12)13(15,16)17/h1-4,10H,5-8,18H2. The third-order valence-electron chi connectivity index (χ3n) is 3.76. The lowest BCUT2D eigenvalue weighted by Crippen LogP contribution is -2.42. The average Bonchev–Trinajstić information content (AvgIpc) is 2.29. The fourth-order valence-electron chi connectivity index (χ4n) is 2.53. The third kappa shape index (κ3) is 2.81. The van der Waals surface area contributed by atoms with Crippen LogP contribution in [0.1, 0.15) is 31.2 Å². The minimum atomic E-state index is -4.10. The Kier molecular flexibility index (Phi) is 3.60. The predicted octanol–water partition coefficient (Wildman–Crippen LogP) is 4.25. The molecule has 1 fully saturated rings. The first-order valence-corrected chi connectivity index (χ1v) is 6.31. The molecule has 1 aliphatic rings. The van der Waals surface area contributed by atoms with Crippen molar-refractivity contribution in [1.82, 2.24) is 0 Å². The van der Waals surface area contributed by atoms with Crippen LogP contribution in [0.15, 0.2) is 24.3 Å². The maximum atomic E-state index is 12.6. The maximum Gasteiger partial charge on any atom is 0.391 e. The predicted molar refractivity (Wildman–Crippen MR) is 65.3 cm³/mol. The number of nitrogens with two attached hydrogens (primary N) is 1. The maximum absolute atomic E-state index is 12.6. The molecule has 0 heterocycles. The van der Waals surface area contributed by atoms with Gasteiger partial charge >= 0.3 is 6.18 Å². The fourth-order valence-corrected chi connectivity index (χ4v) is 2.66. The fraction of sp³-hybridized carbons (Fsp3) is 0.538. The van der Waals surface area contributed by atoms with Gasteiger partial charge in [-0.3, -0.25) is 0 Å². The monoisotopic (exact) mass is 277 g/mol. The smallest absolute Gasteiger partial charge is 0.321 e. The molecule has 1 nitrogen and oxygen atoms in total. The van der Waals surface area contributed by atoms with Gasteiger partial charge in [0.15, 0.2) is 0 Å². The molecular weight excluding hydrogens is 263 g/mol. The lowest BCUT2D eigenvalue weighted by atomic mass is 9.73. The molecule has 5 heteroatoms. The van der Waals surface area contributed by atoms with Crippen LogP contribution in [-0.2, 0) is 5.54 Å². The molecule has 0 amide bonds. The first kappa shape index (κ1) is 13.7. The van der Waals surface area contributed by atoms with E-state index < -0.39 is 17.6 Å². The highest BCUT2D eigenvalue weighted by atomic mass is 35.5. The van der Waals surface area contributed by atoms with E-state index in [1.807, 2.05) is 0 Å². The number of rotatable bonds is 1. The first-order chi connectivity index (χ1) is 8.31. The van der Waals surface area contributed by atoms with Crippen molar-refractivity contribution in [3.05, 3.63) is 34.9 Å². The van der Waals surface area contributed by atoms with E-state index in [9.17, 15) is 13.2 Å². The molecule has 0 unspecified atom stereocenters. The molecule has 1 aromatic rings. The lowest BCUT2D eigenvalue weighted by Gasteiger charge is -2.38. The highest BCUT2D eigenvalue weighted by molar-refractivity contribution is 6.30. The van der Waals surface area contributed by atoms with Gasteiger partial charge in [-0.25, -0.2) is 0 Å². The molecule has 1 saturated carbocycles. The molecule has 0 spiro atoms. The Morgan fingerprint density at radius 1 is 1.11 bits per heavy atom. The second-order valence-electron chi connectivity index (χ2n) is 4.98. The molecule has 0 saturated heterocycles. The molecule has 0 aromatic heterocycles. The summed E-state index contributed by atoms with van der Waals surface area (Å²) in [4.78, 5) is 0. The molecule has 1 aromatic carbocycles. The van der Waals surface area contributed by atoms with Crippen molar-refractivity contribution in [2.75, 3.05) is 0 Å². The quantitative estimate of drug-likeness (QED) is 0.816. The highest BCUT2D eigenvalue weighted by Crippen LogP contribution is 2.43. The van der Waals surface area contributed by atoms with Crippen molar-refractivity contribution in [2.24, 2.45) is 11.7 Å². The topological polar surface area (TPSA) is 26.0 Å². The molecule has 0 bridgehead atoms. The summed E-state index contributed by atoms with van der Waals surface area (Å²) >= 11 is 5.79. The van der Waals surface area contributed by atoms with Crippen LogP contribution in [0.5, 0.6) is 0 Å². The molecule has 0 radical (unpaired) electrons. The number of hydrogen-bond acceptors (Lipinski definition) is 1. The summed E-state index contributed by atoms with van der Waals surface area (Å²) in [6, 6.07) is 7.05. The number of hydrogen-bond donors (Lipinski definition) is 1. The second kappa shape index (κ2) is 4.74. The van der Waals surface area contributed by atoms with Crippen LogP contribution in [-0.4, -0.2) is 6.18 Å². The van der Waals surface area contributed by atoms with Crippen LogP contribution in [0, 0.1) is 5.92 Å². The van der Waals surface area contributed by atoms with Gasteiger partial charge in [-0.05, 0) is 43.4 Å². The number of alkyl halides is 3. The summed E-state index contributed by atoms with van der Waals surface area (Å²) in [5.74, 6) is -1.21. The Morgan fingerprint density at radius 2 is 1.61 bits per heavy atom. The van der Waals surface area contributed by atoms with E-state index in [2.05, 4.69) is 0 Å². The van der Waals surface area contributed by atoms with E-state index in [0.29, 0.717) is 17.9 Å². The molecule has 1 aliphatic carbocycles. The van der Waals surface area contributed by atoms with Crippen LogP contribution in [0.4, 0.5) is 13.2 Å². The largest absolute Gasteiger partial charge is 0.391 e. The summed E-state index contributed by atoms with van der Waals surface area (Å²) in [5, 5.41) is 0.603. The molecular formula is C13H15ClF3N. The van der Waals surface area contributed by atoms with Crippen LogP contribution in [0.25, 0.3) is 0 Å². The lowest BCUT2D eigenvalue weighted by molar-refractivity contribution is -0.184. The van der Waals surface area contributed by atoms with Gasteiger partial charge in [0.2, 0.25) is 0 Å². The van der Waals surface area contributed by atoms with Crippen LogP contribution < -0.4 is 5.73 Å². The SMILES string of the molecule is NC1(c2ccc(Cl)cc2)CCC(C(F)(F)F)CC1. The van der Waals surface area contributed by atoms with Crippen LogP contribution >= 0.6 is 11.6 Å². The average molecular weight is 278 g/mol.